The number of hydrogen-bond acceptors (Lipinski definition) is 2. The Bertz CT molecular complexity index is 1670. The highest BCUT2D eigenvalue weighted by Crippen LogP contribution is 2.53. The molecule has 0 radical (unpaired) electrons. The largest absolute Gasteiger partial charge is 0.381 e. The molecular weight excluding hydrogens is 382 g/mol. The maximum Gasteiger partial charge on any atom is 0.137 e. The highest BCUT2D eigenvalue weighted by molar-refractivity contribution is 6.27. The van der Waals surface area contributed by atoms with Crippen molar-refractivity contribution in [2.24, 2.45) is 0 Å². The van der Waals surface area contributed by atoms with Crippen LogP contribution in [0.1, 0.15) is 47.6 Å². The van der Waals surface area contributed by atoms with Crippen LogP contribution in [0.4, 0.5) is 0 Å². The Morgan fingerprint density at radius 3 is 2.10 bits per heavy atom. The summed E-state index contributed by atoms with van der Waals surface area (Å²) in [7, 11) is 0. The van der Waals surface area contributed by atoms with Crippen molar-refractivity contribution in [1.29, 1.82) is 0 Å². The molecule has 4 heteroatoms. The molecule has 0 amide bonds. The van der Waals surface area contributed by atoms with Crippen LogP contribution in [0.5, 0.6) is 0 Å². The van der Waals surface area contributed by atoms with Crippen LogP contribution < -0.4 is 5.32 Å². The van der Waals surface area contributed by atoms with Crippen LogP contribution in [0, 0.1) is 13.8 Å². The lowest BCUT2D eigenvalue weighted by atomic mass is 9.95. The number of benzene rings is 3. The maximum absolute atomic E-state index is 6.72. The molecule has 1 fully saturated rings. The Kier molecular flexibility index (Phi) is 2.73. The smallest absolute Gasteiger partial charge is 0.137 e. The van der Waals surface area contributed by atoms with Gasteiger partial charge in [-0.25, -0.2) is 0 Å². The fraction of sp³-hybridized carbons (Fsp3) is 0.259. The first kappa shape index (κ1) is 16.5. The van der Waals surface area contributed by atoms with Gasteiger partial charge < -0.3 is 19.2 Å². The molecule has 152 valence electrons. The van der Waals surface area contributed by atoms with Crippen LogP contribution in [0.15, 0.2) is 43.0 Å². The molecule has 5 heterocycles. The van der Waals surface area contributed by atoms with Gasteiger partial charge in [0.05, 0.1) is 22.1 Å². The molecule has 31 heavy (non-hydrogen) atoms. The first-order valence-corrected chi connectivity index (χ1v) is 11.2. The van der Waals surface area contributed by atoms with Crippen molar-refractivity contribution in [1.82, 2.24) is 14.5 Å². The topological polar surface area (TPSA) is 31.1 Å². The van der Waals surface area contributed by atoms with Gasteiger partial charge >= 0.3 is 0 Å². The zero-order chi connectivity index (χ0) is 20.6. The normalized spacial score (nSPS) is 21.7. The zero-order valence-corrected chi connectivity index (χ0v) is 17.7. The SMILES string of the molecule is C=C1NCc2c1c1c3cc(C)ccc3n3c1c1c2c2cc(C)ccc2n1C1CC[C@@H]3O1. The second-order valence-electron chi connectivity index (χ2n) is 9.54. The molecule has 0 saturated carbocycles. The van der Waals surface area contributed by atoms with Crippen molar-refractivity contribution >= 4 is 49.3 Å². The van der Waals surface area contributed by atoms with Crippen molar-refractivity contribution in [3.8, 4) is 0 Å². The van der Waals surface area contributed by atoms with Crippen LogP contribution in [0.2, 0.25) is 0 Å². The molecule has 2 aromatic heterocycles. The monoisotopic (exact) mass is 405 g/mol. The molecule has 1 N–H and O–H groups in total. The molecule has 0 aliphatic carbocycles. The molecule has 1 saturated heterocycles. The number of hydrogen-bond donors (Lipinski definition) is 1. The van der Waals surface area contributed by atoms with E-state index in [9.17, 15) is 0 Å². The summed E-state index contributed by atoms with van der Waals surface area (Å²) in [6.45, 7) is 9.63. The third kappa shape index (κ3) is 1.75. The molecule has 0 spiro atoms. The van der Waals surface area contributed by atoms with Crippen molar-refractivity contribution < 1.29 is 4.74 Å². The first-order chi connectivity index (χ1) is 15.1. The molecule has 3 aliphatic heterocycles. The third-order valence-corrected chi connectivity index (χ3v) is 7.73. The van der Waals surface area contributed by atoms with Crippen molar-refractivity contribution in [2.45, 2.75) is 45.7 Å². The van der Waals surface area contributed by atoms with Crippen LogP contribution in [0.25, 0.3) is 49.3 Å². The Balaban J connectivity index is 1.79. The van der Waals surface area contributed by atoms with E-state index in [0.29, 0.717) is 0 Å². The van der Waals surface area contributed by atoms with Gasteiger partial charge in [-0.1, -0.05) is 29.8 Å². The van der Waals surface area contributed by atoms with Crippen LogP contribution in [-0.2, 0) is 11.3 Å². The summed E-state index contributed by atoms with van der Waals surface area (Å²) in [5.41, 5.74) is 11.5. The van der Waals surface area contributed by atoms with E-state index in [1.54, 1.807) is 0 Å². The van der Waals surface area contributed by atoms with Crippen molar-refractivity contribution in [3.63, 3.8) is 0 Å². The van der Waals surface area contributed by atoms with Gasteiger partial charge in [0, 0.05) is 39.4 Å². The van der Waals surface area contributed by atoms with Crippen LogP contribution >= 0.6 is 0 Å². The minimum Gasteiger partial charge on any atom is -0.381 e. The summed E-state index contributed by atoms with van der Waals surface area (Å²) in [4.78, 5) is 0. The highest BCUT2D eigenvalue weighted by atomic mass is 16.5. The number of fused-ring (bicyclic) bond motifs is 13. The van der Waals surface area contributed by atoms with Gasteiger partial charge in [0.15, 0.2) is 0 Å². The molecule has 3 aromatic carbocycles. The summed E-state index contributed by atoms with van der Waals surface area (Å²) in [5.74, 6) is 0. The summed E-state index contributed by atoms with van der Waals surface area (Å²) in [6.07, 6.45) is 2.26. The number of aromatic nitrogens is 2. The predicted molar refractivity (Wildman–Crippen MR) is 126 cm³/mol. The standard InChI is InChI=1S/C27H23N3O/c1-13-4-6-19-16(10-13)24-18-12-28-15(3)23(18)25-17-11-14(2)5-7-20(17)30-22-9-8-21(31-22)29(19)26(24)27(25)30/h4-7,10-11,21-22,28H,3,8-9,12H2,1-2H3/t21?,22-/m0/s1. The Hall–Kier alpha value is -3.24. The minimum atomic E-state index is 0.0805. The van der Waals surface area contributed by atoms with Gasteiger partial charge in [-0.3, -0.25) is 0 Å². The number of nitrogens with one attached hydrogen (secondary N) is 1. The van der Waals surface area contributed by atoms with Crippen molar-refractivity contribution in [2.75, 3.05) is 0 Å². The van der Waals surface area contributed by atoms with E-state index in [0.717, 1.165) is 25.1 Å². The van der Waals surface area contributed by atoms with Gasteiger partial charge in [0.2, 0.25) is 0 Å². The van der Waals surface area contributed by atoms with E-state index in [1.807, 2.05) is 0 Å². The molecule has 8 rings (SSSR count). The van der Waals surface area contributed by atoms with E-state index in [2.05, 4.69) is 71.3 Å². The van der Waals surface area contributed by atoms with E-state index in [4.69, 9.17) is 4.74 Å². The maximum atomic E-state index is 6.72. The zero-order valence-electron chi connectivity index (χ0n) is 17.7. The number of aryl methyl sites for hydroxylation is 2. The Labute approximate surface area is 179 Å². The van der Waals surface area contributed by atoms with Gasteiger partial charge in [0.1, 0.15) is 12.5 Å². The summed E-state index contributed by atoms with van der Waals surface area (Å²) < 4.78 is 11.7. The predicted octanol–water partition coefficient (Wildman–Crippen LogP) is 6.41. The van der Waals surface area contributed by atoms with Gasteiger partial charge in [-0.05, 0) is 56.5 Å². The average Bonchev–Trinajstić information content (AvgIpc) is 3.47. The van der Waals surface area contributed by atoms with Gasteiger partial charge in [-0.15, -0.1) is 0 Å². The second-order valence-corrected chi connectivity index (χ2v) is 9.54. The van der Waals surface area contributed by atoms with Crippen LogP contribution in [0.3, 0.4) is 0 Å². The van der Waals surface area contributed by atoms with Gasteiger partial charge in [0.25, 0.3) is 0 Å². The lowest BCUT2D eigenvalue weighted by molar-refractivity contribution is -0.0229. The summed E-state index contributed by atoms with van der Waals surface area (Å²) in [5, 5.41) is 8.95. The molecule has 4 nitrogen and oxygen atoms in total. The number of rotatable bonds is 0. The first-order valence-electron chi connectivity index (χ1n) is 11.2. The minimum absolute atomic E-state index is 0.0805. The number of ether oxygens (including phenoxy) is 1. The van der Waals surface area contributed by atoms with E-state index >= 15 is 0 Å². The highest BCUT2D eigenvalue weighted by Gasteiger charge is 2.39. The second kappa shape index (κ2) is 5.14. The quantitative estimate of drug-likeness (QED) is 0.323. The Morgan fingerprint density at radius 2 is 1.45 bits per heavy atom. The molecule has 5 aromatic rings. The van der Waals surface area contributed by atoms with Crippen molar-refractivity contribution in [3.05, 3.63) is 65.2 Å². The Morgan fingerprint density at radius 1 is 0.871 bits per heavy atom. The third-order valence-electron chi connectivity index (χ3n) is 7.73. The molecule has 2 bridgehead atoms. The van der Waals surface area contributed by atoms with Gasteiger partial charge in [-0.2, -0.15) is 0 Å². The fourth-order valence-corrected chi connectivity index (χ4v) is 6.53. The summed E-state index contributed by atoms with van der Waals surface area (Å²) in [6, 6.07) is 13.7. The van der Waals surface area contributed by atoms with E-state index < -0.39 is 0 Å². The lowest BCUT2D eigenvalue weighted by Gasteiger charge is -2.15. The van der Waals surface area contributed by atoms with Crippen LogP contribution in [-0.4, -0.2) is 9.13 Å². The molecular formula is C27H23N3O. The fourth-order valence-electron chi connectivity index (χ4n) is 6.53. The number of nitrogens with zero attached hydrogens (tertiary/aromatic N) is 2. The van der Waals surface area contributed by atoms with E-state index in [1.165, 1.54) is 65.9 Å². The lowest BCUT2D eigenvalue weighted by Crippen LogP contribution is -2.07. The van der Waals surface area contributed by atoms with E-state index in [-0.39, 0.29) is 12.5 Å². The molecule has 1 unspecified atom stereocenters. The molecule has 3 aliphatic rings. The molecule has 2 atom stereocenters. The summed E-state index contributed by atoms with van der Waals surface area (Å²) >= 11 is 0. The average molecular weight is 406 g/mol.